The average molecular weight is 236 g/mol. The smallest absolute Gasteiger partial charge is 0.128 e. The van der Waals surface area contributed by atoms with E-state index in [4.69, 9.17) is 0 Å². The van der Waals surface area contributed by atoms with Gasteiger partial charge in [-0.1, -0.05) is 25.1 Å². The predicted molar refractivity (Wildman–Crippen MR) is 64.0 cm³/mol. The summed E-state index contributed by atoms with van der Waals surface area (Å²) in [4.78, 5) is 5.07. The zero-order chi connectivity index (χ0) is 11.4. The van der Waals surface area contributed by atoms with Crippen molar-refractivity contribution in [3.05, 3.63) is 52.2 Å². The molecule has 0 aliphatic heterocycles. The number of aromatic nitrogens is 1. The maximum Gasteiger partial charge on any atom is 0.128 e. The second-order valence-corrected chi connectivity index (χ2v) is 4.33. The molecule has 1 aromatic carbocycles. The molecule has 0 spiro atoms. The highest BCUT2D eigenvalue weighted by Crippen LogP contribution is 2.26. The van der Waals surface area contributed by atoms with Crippen LogP contribution in [0.5, 0.6) is 0 Å². The van der Waals surface area contributed by atoms with Crippen molar-refractivity contribution in [2.24, 2.45) is 0 Å². The van der Waals surface area contributed by atoms with Crippen LogP contribution in [0.4, 0.5) is 4.39 Å². The molecule has 0 aliphatic carbocycles. The summed E-state index contributed by atoms with van der Waals surface area (Å²) in [7, 11) is 0. The van der Waals surface area contributed by atoms with Gasteiger partial charge in [0.05, 0.1) is 11.6 Å². The first-order chi connectivity index (χ1) is 7.83. The summed E-state index contributed by atoms with van der Waals surface area (Å²) in [5.74, 6) is -0.179. The molecule has 4 heteroatoms. The van der Waals surface area contributed by atoms with Crippen molar-refractivity contribution >= 4 is 11.3 Å². The Labute approximate surface area is 98.2 Å². The number of halogens is 1. The van der Waals surface area contributed by atoms with Crippen molar-refractivity contribution in [3.8, 4) is 0 Å². The van der Waals surface area contributed by atoms with Gasteiger partial charge in [-0.25, -0.2) is 4.39 Å². The summed E-state index contributed by atoms with van der Waals surface area (Å²) in [6.45, 7) is 2.80. The SMILES string of the molecule is CCNC(c1cncs1)c1ccccc1F. The Hall–Kier alpha value is -1.26. The van der Waals surface area contributed by atoms with E-state index in [1.807, 2.05) is 19.1 Å². The van der Waals surface area contributed by atoms with Gasteiger partial charge < -0.3 is 5.32 Å². The van der Waals surface area contributed by atoms with Crippen LogP contribution in [0.25, 0.3) is 0 Å². The summed E-state index contributed by atoms with van der Waals surface area (Å²) in [5.41, 5.74) is 2.44. The maximum absolute atomic E-state index is 13.7. The summed E-state index contributed by atoms with van der Waals surface area (Å²) in [6, 6.07) is 6.75. The lowest BCUT2D eigenvalue weighted by molar-refractivity contribution is 0.563. The number of benzene rings is 1. The Morgan fingerprint density at radius 2 is 2.25 bits per heavy atom. The first-order valence-corrected chi connectivity index (χ1v) is 6.07. The van der Waals surface area contributed by atoms with Crippen molar-refractivity contribution in [2.45, 2.75) is 13.0 Å². The molecule has 16 heavy (non-hydrogen) atoms. The molecular weight excluding hydrogens is 223 g/mol. The molecule has 0 radical (unpaired) electrons. The zero-order valence-corrected chi connectivity index (χ0v) is 9.80. The number of rotatable bonds is 4. The fraction of sp³-hybridized carbons (Fsp3) is 0.250. The van der Waals surface area contributed by atoms with Gasteiger partial charge in [0.1, 0.15) is 5.82 Å². The largest absolute Gasteiger partial charge is 0.306 e. The first kappa shape index (κ1) is 11.2. The molecule has 2 rings (SSSR count). The molecule has 1 N–H and O–H groups in total. The highest BCUT2D eigenvalue weighted by Gasteiger charge is 2.17. The van der Waals surface area contributed by atoms with Gasteiger partial charge in [-0.3, -0.25) is 4.98 Å². The third kappa shape index (κ3) is 2.28. The highest BCUT2D eigenvalue weighted by molar-refractivity contribution is 7.09. The van der Waals surface area contributed by atoms with Crippen molar-refractivity contribution in [1.29, 1.82) is 0 Å². The van der Waals surface area contributed by atoms with E-state index in [2.05, 4.69) is 10.3 Å². The zero-order valence-electron chi connectivity index (χ0n) is 8.98. The second-order valence-electron chi connectivity index (χ2n) is 3.42. The van der Waals surface area contributed by atoms with Gasteiger partial charge in [0.25, 0.3) is 0 Å². The van der Waals surface area contributed by atoms with Crippen molar-refractivity contribution in [2.75, 3.05) is 6.54 Å². The summed E-state index contributed by atoms with van der Waals surface area (Å²) in [5, 5.41) is 3.27. The average Bonchev–Trinajstić information content (AvgIpc) is 2.80. The molecule has 84 valence electrons. The van der Waals surface area contributed by atoms with E-state index in [-0.39, 0.29) is 11.9 Å². The molecule has 1 heterocycles. The lowest BCUT2D eigenvalue weighted by Crippen LogP contribution is -2.22. The van der Waals surface area contributed by atoms with E-state index in [1.165, 1.54) is 17.4 Å². The summed E-state index contributed by atoms with van der Waals surface area (Å²) in [6.07, 6.45) is 1.78. The monoisotopic (exact) mass is 236 g/mol. The molecule has 0 aliphatic rings. The Balaban J connectivity index is 2.37. The van der Waals surface area contributed by atoms with E-state index in [9.17, 15) is 4.39 Å². The molecule has 0 saturated heterocycles. The third-order valence-electron chi connectivity index (χ3n) is 2.36. The van der Waals surface area contributed by atoms with E-state index < -0.39 is 0 Å². The maximum atomic E-state index is 13.7. The van der Waals surface area contributed by atoms with Gasteiger partial charge in [-0.15, -0.1) is 11.3 Å². The fourth-order valence-corrected chi connectivity index (χ4v) is 2.36. The standard InChI is InChI=1S/C12H13FN2S/c1-2-15-12(11-7-14-8-16-11)9-5-3-4-6-10(9)13/h3-8,12,15H,2H2,1H3. The molecule has 0 amide bonds. The number of nitrogens with zero attached hydrogens (tertiary/aromatic N) is 1. The van der Waals surface area contributed by atoms with Crippen molar-refractivity contribution < 1.29 is 4.39 Å². The topological polar surface area (TPSA) is 24.9 Å². The molecule has 0 bridgehead atoms. The Kier molecular flexibility index (Phi) is 3.64. The number of nitrogens with one attached hydrogen (secondary N) is 1. The molecule has 2 aromatic rings. The van der Waals surface area contributed by atoms with Crippen LogP contribution in [0, 0.1) is 5.82 Å². The molecule has 0 fully saturated rings. The summed E-state index contributed by atoms with van der Waals surface area (Å²) >= 11 is 1.53. The molecule has 2 nitrogen and oxygen atoms in total. The van der Waals surface area contributed by atoms with E-state index in [0.29, 0.717) is 5.56 Å². The molecule has 0 saturated carbocycles. The van der Waals surface area contributed by atoms with Crippen LogP contribution >= 0.6 is 11.3 Å². The minimum atomic E-state index is -0.179. The predicted octanol–water partition coefficient (Wildman–Crippen LogP) is 2.98. The lowest BCUT2D eigenvalue weighted by Gasteiger charge is -2.16. The quantitative estimate of drug-likeness (QED) is 0.882. The lowest BCUT2D eigenvalue weighted by atomic mass is 10.1. The van der Waals surface area contributed by atoms with E-state index in [0.717, 1.165) is 11.4 Å². The molecule has 1 unspecified atom stereocenters. The Morgan fingerprint density at radius 3 is 2.88 bits per heavy atom. The minimum absolute atomic E-state index is 0.0984. The van der Waals surface area contributed by atoms with Gasteiger partial charge in [0, 0.05) is 16.6 Å². The fourth-order valence-electron chi connectivity index (χ4n) is 1.65. The van der Waals surface area contributed by atoms with E-state index >= 15 is 0 Å². The normalized spacial score (nSPS) is 12.6. The van der Waals surface area contributed by atoms with Gasteiger partial charge in [0.2, 0.25) is 0 Å². The Bertz CT molecular complexity index is 442. The third-order valence-corrected chi connectivity index (χ3v) is 3.20. The van der Waals surface area contributed by atoms with E-state index in [1.54, 1.807) is 17.8 Å². The number of hydrogen-bond acceptors (Lipinski definition) is 3. The van der Waals surface area contributed by atoms with Gasteiger partial charge in [0.15, 0.2) is 0 Å². The van der Waals surface area contributed by atoms with Crippen molar-refractivity contribution in [1.82, 2.24) is 10.3 Å². The van der Waals surface area contributed by atoms with Gasteiger partial charge in [-0.2, -0.15) is 0 Å². The Morgan fingerprint density at radius 1 is 1.44 bits per heavy atom. The van der Waals surface area contributed by atoms with Crippen LogP contribution < -0.4 is 5.32 Å². The van der Waals surface area contributed by atoms with Crippen LogP contribution in [0.3, 0.4) is 0 Å². The molecule has 1 atom stereocenters. The second kappa shape index (κ2) is 5.18. The highest BCUT2D eigenvalue weighted by atomic mass is 32.1. The first-order valence-electron chi connectivity index (χ1n) is 5.19. The van der Waals surface area contributed by atoms with Crippen LogP contribution in [-0.2, 0) is 0 Å². The minimum Gasteiger partial charge on any atom is -0.306 e. The molecular formula is C12H13FN2S. The van der Waals surface area contributed by atoms with Crippen LogP contribution in [-0.4, -0.2) is 11.5 Å². The molecule has 1 aromatic heterocycles. The van der Waals surface area contributed by atoms with Gasteiger partial charge in [-0.05, 0) is 12.6 Å². The number of hydrogen-bond donors (Lipinski definition) is 1. The summed E-state index contributed by atoms with van der Waals surface area (Å²) < 4.78 is 13.7. The van der Waals surface area contributed by atoms with Crippen LogP contribution in [0.15, 0.2) is 36.0 Å². The van der Waals surface area contributed by atoms with Gasteiger partial charge >= 0.3 is 0 Å². The number of thiazole rings is 1. The van der Waals surface area contributed by atoms with Crippen LogP contribution in [0.1, 0.15) is 23.4 Å². The van der Waals surface area contributed by atoms with Crippen molar-refractivity contribution in [3.63, 3.8) is 0 Å². The van der Waals surface area contributed by atoms with Crippen LogP contribution in [0.2, 0.25) is 0 Å².